The third kappa shape index (κ3) is 3.64. The van der Waals surface area contributed by atoms with Crippen LogP contribution in [-0.4, -0.2) is 79.0 Å². The standard InChI is InChI=1S/C15H23N5O2S/c1-16-14(22)12-3-2-5-20(12)13(21)11-18-6-8-19(9-7-18)15-17-4-10-23-15/h4,10,12H,2-3,5-9,11H2,1H3,(H,16,22)/t12-/m0/s1. The molecule has 7 nitrogen and oxygen atoms in total. The first-order chi connectivity index (χ1) is 11.2. The van der Waals surface area contributed by atoms with Gasteiger partial charge in [-0.05, 0) is 12.8 Å². The Morgan fingerprint density at radius 3 is 2.74 bits per heavy atom. The highest BCUT2D eigenvalue weighted by molar-refractivity contribution is 7.13. The minimum Gasteiger partial charge on any atom is -0.357 e. The second kappa shape index (κ2) is 7.27. The number of carbonyl (C=O) groups is 2. The Morgan fingerprint density at radius 1 is 1.30 bits per heavy atom. The summed E-state index contributed by atoms with van der Waals surface area (Å²) in [7, 11) is 1.63. The van der Waals surface area contributed by atoms with E-state index in [-0.39, 0.29) is 17.9 Å². The fraction of sp³-hybridized carbons (Fsp3) is 0.667. The first-order valence-corrected chi connectivity index (χ1v) is 8.95. The molecule has 126 valence electrons. The summed E-state index contributed by atoms with van der Waals surface area (Å²) in [6.45, 7) is 4.57. The first-order valence-electron chi connectivity index (χ1n) is 8.07. The van der Waals surface area contributed by atoms with Gasteiger partial charge in [-0.3, -0.25) is 14.5 Å². The number of anilines is 1. The van der Waals surface area contributed by atoms with Crippen molar-refractivity contribution in [2.75, 3.05) is 51.2 Å². The maximum absolute atomic E-state index is 12.5. The second-order valence-corrected chi connectivity index (χ2v) is 6.81. The number of carbonyl (C=O) groups excluding carboxylic acids is 2. The second-order valence-electron chi connectivity index (χ2n) is 5.94. The van der Waals surface area contributed by atoms with Gasteiger partial charge in [-0.15, -0.1) is 11.3 Å². The van der Waals surface area contributed by atoms with Crippen molar-refractivity contribution in [3.8, 4) is 0 Å². The molecule has 1 aromatic rings. The van der Waals surface area contributed by atoms with Gasteiger partial charge in [0, 0.05) is 51.3 Å². The number of hydrogen-bond acceptors (Lipinski definition) is 6. The van der Waals surface area contributed by atoms with Crippen LogP contribution in [-0.2, 0) is 9.59 Å². The van der Waals surface area contributed by atoms with Gasteiger partial charge in [-0.1, -0.05) is 0 Å². The van der Waals surface area contributed by atoms with Crippen molar-refractivity contribution in [2.45, 2.75) is 18.9 Å². The largest absolute Gasteiger partial charge is 0.357 e. The Labute approximate surface area is 140 Å². The highest BCUT2D eigenvalue weighted by Crippen LogP contribution is 2.20. The lowest BCUT2D eigenvalue weighted by Crippen LogP contribution is -2.52. The Morgan fingerprint density at radius 2 is 2.09 bits per heavy atom. The number of thiazole rings is 1. The summed E-state index contributed by atoms with van der Waals surface area (Å²) in [6.07, 6.45) is 3.49. The van der Waals surface area contributed by atoms with Gasteiger partial charge in [0.05, 0.1) is 6.54 Å². The molecule has 0 spiro atoms. The maximum atomic E-state index is 12.5. The van der Waals surface area contributed by atoms with E-state index in [1.54, 1.807) is 23.3 Å². The molecule has 8 heteroatoms. The summed E-state index contributed by atoms with van der Waals surface area (Å²) in [5, 5.41) is 5.69. The van der Waals surface area contributed by atoms with E-state index in [1.165, 1.54) is 0 Å². The quantitative estimate of drug-likeness (QED) is 0.838. The fourth-order valence-corrected chi connectivity index (χ4v) is 3.95. The van der Waals surface area contributed by atoms with Crippen LogP contribution in [0.4, 0.5) is 5.13 Å². The topological polar surface area (TPSA) is 68.8 Å². The molecule has 0 aromatic carbocycles. The van der Waals surface area contributed by atoms with Crippen molar-refractivity contribution in [2.24, 2.45) is 0 Å². The minimum atomic E-state index is -0.288. The van der Waals surface area contributed by atoms with Gasteiger partial charge in [0.1, 0.15) is 6.04 Å². The van der Waals surface area contributed by atoms with Gasteiger partial charge >= 0.3 is 0 Å². The van der Waals surface area contributed by atoms with Crippen LogP contribution in [0.3, 0.4) is 0 Å². The average Bonchev–Trinajstić information content (AvgIpc) is 3.26. The van der Waals surface area contributed by atoms with Crippen LogP contribution in [0.15, 0.2) is 11.6 Å². The predicted octanol–water partition coefficient (Wildman–Crippen LogP) is 0.00210. The van der Waals surface area contributed by atoms with Gasteiger partial charge < -0.3 is 15.1 Å². The van der Waals surface area contributed by atoms with E-state index < -0.39 is 0 Å². The molecule has 2 saturated heterocycles. The summed E-state index contributed by atoms with van der Waals surface area (Å²) in [5.41, 5.74) is 0. The van der Waals surface area contributed by atoms with Gasteiger partial charge in [0.15, 0.2) is 5.13 Å². The zero-order valence-electron chi connectivity index (χ0n) is 13.4. The molecule has 3 rings (SSSR count). The molecule has 2 fully saturated rings. The monoisotopic (exact) mass is 337 g/mol. The van der Waals surface area contributed by atoms with Crippen LogP contribution in [0.5, 0.6) is 0 Å². The van der Waals surface area contributed by atoms with E-state index in [4.69, 9.17) is 0 Å². The number of nitrogens with zero attached hydrogens (tertiary/aromatic N) is 4. The molecule has 0 bridgehead atoms. The van der Waals surface area contributed by atoms with Crippen molar-refractivity contribution in [3.63, 3.8) is 0 Å². The Hall–Kier alpha value is -1.67. The zero-order chi connectivity index (χ0) is 16.2. The van der Waals surface area contributed by atoms with Crippen molar-refractivity contribution in [1.82, 2.24) is 20.1 Å². The smallest absolute Gasteiger partial charge is 0.242 e. The summed E-state index contributed by atoms with van der Waals surface area (Å²) < 4.78 is 0. The third-order valence-corrected chi connectivity index (χ3v) is 5.38. The summed E-state index contributed by atoms with van der Waals surface area (Å²) in [5.74, 6) is 0.0169. The molecule has 2 aliphatic heterocycles. The molecule has 2 amide bonds. The van der Waals surface area contributed by atoms with Crippen LogP contribution >= 0.6 is 11.3 Å². The van der Waals surface area contributed by atoms with Crippen LogP contribution in [0.1, 0.15) is 12.8 Å². The number of likely N-dealkylation sites (tertiary alicyclic amines) is 1. The van der Waals surface area contributed by atoms with Gasteiger partial charge in [-0.2, -0.15) is 0 Å². The number of hydrogen-bond donors (Lipinski definition) is 1. The molecule has 3 heterocycles. The number of aromatic nitrogens is 1. The number of nitrogens with one attached hydrogen (secondary N) is 1. The molecule has 1 atom stereocenters. The van der Waals surface area contributed by atoms with E-state index in [0.717, 1.165) is 44.2 Å². The molecule has 0 unspecified atom stereocenters. The number of piperazine rings is 1. The molecule has 0 aliphatic carbocycles. The molecule has 23 heavy (non-hydrogen) atoms. The Balaban J connectivity index is 1.50. The van der Waals surface area contributed by atoms with Crippen molar-refractivity contribution in [1.29, 1.82) is 0 Å². The predicted molar refractivity (Wildman–Crippen MR) is 89.6 cm³/mol. The lowest BCUT2D eigenvalue weighted by Gasteiger charge is -2.35. The van der Waals surface area contributed by atoms with Crippen LogP contribution in [0.25, 0.3) is 0 Å². The summed E-state index contributed by atoms with van der Waals surface area (Å²) >= 11 is 1.65. The molecule has 2 aliphatic rings. The number of rotatable bonds is 4. The lowest BCUT2D eigenvalue weighted by molar-refractivity contribution is -0.139. The minimum absolute atomic E-state index is 0.0514. The molecule has 0 saturated carbocycles. The maximum Gasteiger partial charge on any atom is 0.242 e. The zero-order valence-corrected chi connectivity index (χ0v) is 14.2. The van der Waals surface area contributed by atoms with Gasteiger partial charge in [-0.25, -0.2) is 4.98 Å². The Bertz CT molecular complexity index is 542. The van der Waals surface area contributed by atoms with E-state index in [9.17, 15) is 9.59 Å². The molecular formula is C15H23N5O2S. The first kappa shape index (κ1) is 16.2. The summed E-state index contributed by atoms with van der Waals surface area (Å²) in [4.78, 5) is 34.9. The van der Waals surface area contributed by atoms with E-state index in [0.29, 0.717) is 13.1 Å². The van der Waals surface area contributed by atoms with E-state index in [1.807, 2.05) is 11.6 Å². The SMILES string of the molecule is CNC(=O)[C@@H]1CCCN1C(=O)CN1CCN(c2nccs2)CC1. The highest BCUT2D eigenvalue weighted by atomic mass is 32.1. The van der Waals surface area contributed by atoms with Crippen molar-refractivity contribution >= 4 is 28.3 Å². The fourth-order valence-electron chi connectivity index (χ4n) is 3.26. The molecule has 0 radical (unpaired) electrons. The van der Waals surface area contributed by atoms with Gasteiger partial charge in [0.2, 0.25) is 11.8 Å². The van der Waals surface area contributed by atoms with Gasteiger partial charge in [0.25, 0.3) is 0 Å². The number of amides is 2. The Kier molecular flexibility index (Phi) is 5.12. The van der Waals surface area contributed by atoms with Crippen LogP contribution in [0, 0.1) is 0 Å². The molecular weight excluding hydrogens is 314 g/mol. The average molecular weight is 337 g/mol. The molecule has 1 N–H and O–H groups in total. The van der Waals surface area contributed by atoms with Crippen LogP contribution in [0.2, 0.25) is 0 Å². The van der Waals surface area contributed by atoms with Crippen molar-refractivity contribution in [3.05, 3.63) is 11.6 Å². The lowest BCUT2D eigenvalue weighted by atomic mass is 10.2. The van der Waals surface area contributed by atoms with E-state index in [2.05, 4.69) is 20.1 Å². The summed E-state index contributed by atoms with van der Waals surface area (Å²) in [6, 6.07) is -0.288. The van der Waals surface area contributed by atoms with E-state index >= 15 is 0 Å². The third-order valence-electron chi connectivity index (χ3n) is 4.54. The van der Waals surface area contributed by atoms with Crippen molar-refractivity contribution < 1.29 is 9.59 Å². The highest BCUT2D eigenvalue weighted by Gasteiger charge is 2.34. The number of likely N-dealkylation sites (N-methyl/N-ethyl adjacent to an activating group) is 1. The van der Waals surface area contributed by atoms with Crippen LogP contribution < -0.4 is 10.2 Å². The molecule has 1 aromatic heterocycles. The normalized spacial score (nSPS) is 22.4.